The van der Waals surface area contributed by atoms with Crippen LogP contribution >= 0.6 is 7.60 Å². The van der Waals surface area contributed by atoms with E-state index >= 15 is 0 Å². The summed E-state index contributed by atoms with van der Waals surface area (Å²) in [7, 11) is -1.67. The number of H-pyrrole nitrogens is 2. The first-order valence-electron chi connectivity index (χ1n) is 14.3. The number of aryl methyl sites for hydroxylation is 2. The molecule has 48 heavy (non-hydrogen) atoms. The number of aliphatic hydroxyl groups excluding tert-OH is 3. The number of aromatic nitrogens is 6. The van der Waals surface area contributed by atoms with E-state index in [1.165, 1.54) is 18.8 Å². The molecule has 2 saturated heterocycles. The molecule has 2 fully saturated rings. The summed E-state index contributed by atoms with van der Waals surface area (Å²) in [4.78, 5) is 55.1. The lowest BCUT2D eigenvalue weighted by Gasteiger charge is -2.20. The standard InChI is InChI=1S/C13H19N4O8P.C13H18N4O5/c1-5-3-17(9-6(5)10(19)16-13(14)15-9)11-8(23-2)7(18)12(25-11)24-4-26(20,21)22;1-5-3-17(10-7(5)11(20)16-13(14)15-10)12-9(21-2)8(19)6(4-18)22-12/h3,7-8,11-12,18H,4H2,1-2H3,(H2,20,21,22)(H3,14,15,16,19);3,6,8-9,12,18-19H,4H2,1-2H3,(H3,14,15,16,20)/t7?,8-,11-,12+;6-,8?,9-,12-/m11/s1. The minimum atomic E-state index is -4.45. The molecule has 4 aromatic rings. The molecule has 0 spiro atoms. The van der Waals surface area contributed by atoms with Gasteiger partial charge in [0, 0.05) is 26.6 Å². The van der Waals surface area contributed by atoms with Crippen LogP contribution in [0.3, 0.4) is 0 Å². The molecule has 4 aromatic heterocycles. The number of anilines is 2. The van der Waals surface area contributed by atoms with Crippen LogP contribution in [0.4, 0.5) is 11.9 Å². The van der Waals surface area contributed by atoms with Crippen LogP contribution in [0.25, 0.3) is 22.1 Å². The molecule has 2 aliphatic heterocycles. The van der Waals surface area contributed by atoms with Gasteiger partial charge in [-0.15, -0.1) is 0 Å². The lowest BCUT2D eigenvalue weighted by Crippen LogP contribution is -2.34. The summed E-state index contributed by atoms with van der Waals surface area (Å²) >= 11 is 0. The van der Waals surface area contributed by atoms with Crippen LogP contribution in [0.15, 0.2) is 22.0 Å². The Labute approximate surface area is 270 Å². The minimum absolute atomic E-state index is 0.0110. The highest BCUT2D eigenvalue weighted by Crippen LogP contribution is 2.39. The fourth-order valence-corrected chi connectivity index (χ4v) is 6.19. The van der Waals surface area contributed by atoms with Crippen molar-refractivity contribution >= 4 is 41.6 Å². The third kappa shape index (κ3) is 6.62. The van der Waals surface area contributed by atoms with Crippen molar-refractivity contribution in [1.29, 1.82) is 0 Å². The average molecular weight is 701 g/mol. The van der Waals surface area contributed by atoms with Crippen molar-refractivity contribution in [2.75, 3.05) is 38.6 Å². The molecule has 0 amide bonds. The number of hydrogen-bond acceptors (Lipinski definition) is 15. The summed E-state index contributed by atoms with van der Waals surface area (Å²) in [6.45, 7) is 3.12. The molecular weight excluding hydrogens is 663 g/mol. The monoisotopic (exact) mass is 700 g/mol. The zero-order valence-corrected chi connectivity index (χ0v) is 27.0. The van der Waals surface area contributed by atoms with Crippen LogP contribution in [-0.4, -0.2) is 118 Å². The molecule has 0 radical (unpaired) electrons. The van der Waals surface area contributed by atoms with Crippen LogP contribution < -0.4 is 22.6 Å². The molecule has 264 valence electrons. The van der Waals surface area contributed by atoms with E-state index in [1.54, 1.807) is 30.8 Å². The molecule has 0 saturated carbocycles. The number of nitrogens with zero attached hydrogens (tertiary/aromatic N) is 4. The van der Waals surface area contributed by atoms with Gasteiger partial charge in [0.25, 0.3) is 11.1 Å². The number of nitrogens with two attached hydrogens (primary N) is 2. The summed E-state index contributed by atoms with van der Waals surface area (Å²) in [6, 6.07) is 0. The van der Waals surface area contributed by atoms with Crippen molar-refractivity contribution in [3.63, 3.8) is 0 Å². The predicted molar refractivity (Wildman–Crippen MR) is 166 cm³/mol. The van der Waals surface area contributed by atoms with Gasteiger partial charge >= 0.3 is 7.60 Å². The van der Waals surface area contributed by atoms with Crippen molar-refractivity contribution in [1.82, 2.24) is 29.1 Å². The largest absolute Gasteiger partial charge is 0.394 e. The molecule has 2 unspecified atom stereocenters. The smallest absolute Gasteiger partial charge is 0.351 e. The Bertz CT molecular complexity index is 1950. The summed E-state index contributed by atoms with van der Waals surface area (Å²) in [5.74, 6) is -0.105. The van der Waals surface area contributed by atoms with Crippen molar-refractivity contribution < 1.29 is 53.4 Å². The van der Waals surface area contributed by atoms with Gasteiger partial charge in [-0.05, 0) is 25.0 Å². The molecule has 21 nitrogen and oxygen atoms in total. The van der Waals surface area contributed by atoms with Gasteiger partial charge in [0.05, 0.1) is 17.4 Å². The van der Waals surface area contributed by atoms with Crippen molar-refractivity contribution in [2.24, 2.45) is 0 Å². The number of nitrogen functional groups attached to an aromatic ring is 2. The Hall–Kier alpha value is -3.73. The van der Waals surface area contributed by atoms with Gasteiger partial charge in [0.15, 0.2) is 36.4 Å². The van der Waals surface area contributed by atoms with E-state index in [0.29, 0.717) is 27.5 Å². The highest BCUT2D eigenvalue weighted by Gasteiger charge is 2.47. The van der Waals surface area contributed by atoms with E-state index in [1.807, 2.05) is 0 Å². The van der Waals surface area contributed by atoms with Gasteiger partial charge in [0.1, 0.15) is 30.5 Å². The Balaban J connectivity index is 0.000000190. The number of fused-ring (bicyclic) bond motifs is 2. The number of hydrogen-bond donors (Lipinski definition) is 9. The Kier molecular flexibility index (Phi) is 10.1. The van der Waals surface area contributed by atoms with Crippen LogP contribution in [0.1, 0.15) is 23.6 Å². The minimum Gasteiger partial charge on any atom is -0.394 e. The molecule has 0 aromatic carbocycles. The van der Waals surface area contributed by atoms with E-state index in [4.69, 9.17) is 44.9 Å². The van der Waals surface area contributed by atoms with Gasteiger partial charge in [-0.1, -0.05) is 0 Å². The van der Waals surface area contributed by atoms with Crippen LogP contribution in [0, 0.1) is 13.8 Å². The number of aromatic amines is 2. The number of methoxy groups -OCH3 is 2. The average Bonchev–Trinajstić information content (AvgIpc) is 3.71. The van der Waals surface area contributed by atoms with Crippen molar-refractivity contribution in [2.45, 2.75) is 63.1 Å². The highest BCUT2D eigenvalue weighted by molar-refractivity contribution is 7.51. The number of nitrogens with one attached hydrogen (secondary N) is 2. The number of rotatable bonds is 8. The van der Waals surface area contributed by atoms with E-state index in [9.17, 15) is 29.5 Å². The molecule has 6 heterocycles. The van der Waals surface area contributed by atoms with Crippen molar-refractivity contribution in [3.05, 3.63) is 44.2 Å². The highest BCUT2D eigenvalue weighted by atomic mass is 31.2. The first-order chi connectivity index (χ1) is 22.6. The van der Waals surface area contributed by atoms with Crippen molar-refractivity contribution in [3.8, 4) is 0 Å². The van der Waals surface area contributed by atoms with E-state index in [-0.39, 0.29) is 29.7 Å². The maximum Gasteiger partial charge on any atom is 0.351 e. The maximum absolute atomic E-state index is 12.1. The van der Waals surface area contributed by atoms with Gasteiger partial charge in [-0.3, -0.25) is 24.1 Å². The summed E-state index contributed by atoms with van der Waals surface area (Å²) in [5, 5.41) is 30.4. The Morgan fingerprint density at radius 1 is 0.875 bits per heavy atom. The molecule has 0 bridgehead atoms. The first-order valence-corrected chi connectivity index (χ1v) is 16.1. The molecule has 6 rings (SSSR count). The molecular formula is C26H37N8O13P. The SMILES string of the molecule is CO[C@@H]1C(O)[C@@H](CO)O[C@H]1n1cc(C)c2c(=O)[nH]c(N)nc21.CO[C@@H]1C(O)[C@@H](OCP(=O)(O)O)O[C@H]1n1cc(C)c2c(=O)[nH]c(N)nc21. The van der Waals surface area contributed by atoms with Gasteiger partial charge in [-0.25, -0.2) is 0 Å². The lowest BCUT2D eigenvalue weighted by atomic mass is 10.1. The molecule has 0 aliphatic carbocycles. The zero-order chi connectivity index (χ0) is 35.2. The topological polar surface area (TPSA) is 318 Å². The van der Waals surface area contributed by atoms with Gasteiger partial charge in [0.2, 0.25) is 11.9 Å². The molecule has 8 atom stereocenters. The quantitative estimate of drug-likeness (QED) is 0.0887. The summed E-state index contributed by atoms with van der Waals surface area (Å²) in [5.41, 5.74) is 12.3. The van der Waals surface area contributed by atoms with Crippen LogP contribution in [0.5, 0.6) is 0 Å². The lowest BCUT2D eigenvalue weighted by molar-refractivity contribution is -0.167. The third-order valence-corrected chi connectivity index (χ3v) is 8.43. The molecule has 11 N–H and O–H groups in total. The van der Waals surface area contributed by atoms with Gasteiger partial charge < -0.3 is 69.4 Å². The summed E-state index contributed by atoms with van der Waals surface area (Å²) in [6.07, 6.45) is -5.38. The second-order valence-electron chi connectivity index (χ2n) is 11.2. The van der Waals surface area contributed by atoms with Gasteiger partial charge in [-0.2, -0.15) is 9.97 Å². The number of ether oxygens (including phenoxy) is 5. The molecule has 22 heteroatoms. The zero-order valence-electron chi connectivity index (χ0n) is 26.1. The first kappa shape index (κ1) is 35.6. The van der Waals surface area contributed by atoms with E-state index in [0.717, 1.165) is 0 Å². The fourth-order valence-electron chi connectivity index (χ4n) is 5.85. The Morgan fingerprint density at radius 3 is 1.77 bits per heavy atom. The number of aliphatic hydroxyl groups is 3. The fraction of sp³-hybridized carbons (Fsp3) is 0.538. The summed E-state index contributed by atoms with van der Waals surface area (Å²) < 4.78 is 40.8. The van der Waals surface area contributed by atoms with Crippen LogP contribution in [-0.2, 0) is 28.2 Å². The Morgan fingerprint density at radius 2 is 1.33 bits per heavy atom. The van der Waals surface area contributed by atoms with Crippen LogP contribution in [0.2, 0.25) is 0 Å². The maximum atomic E-state index is 12.1. The van der Waals surface area contributed by atoms with E-state index in [2.05, 4.69) is 19.9 Å². The predicted octanol–water partition coefficient (Wildman–Crippen LogP) is -2.12. The van der Waals surface area contributed by atoms with E-state index < -0.39 is 68.8 Å². The normalized spacial score (nSPS) is 27.5. The second kappa shape index (κ2) is 13.6. The second-order valence-corrected chi connectivity index (χ2v) is 12.8. The third-order valence-electron chi connectivity index (χ3n) is 7.94. The molecule has 2 aliphatic rings.